The molecule has 3 aromatic rings. The molecule has 0 amide bonds. The Morgan fingerprint density at radius 1 is 0.944 bits per heavy atom. The highest BCUT2D eigenvalue weighted by molar-refractivity contribution is 9.11. The molecule has 0 unspecified atom stereocenters. The zero-order valence-corrected chi connectivity index (χ0v) is 11.8. The van der Waals surface area contributed by atoms with Crippen molar-refractivity contribution in [3.05, 3.63) is 68.8 Å². The van der Waals surface area contributed by atoms with Gasteiger partial charge in [0.2, 0.25) is 0 Å². The van der Waals surface area contributed by atoms with Gasteiger partial charge >= 0.3 is 0 Å². The van der Waals surface area contributed by atoms with Crippen molar-refractivity contribution in [1.29, 1.82) is 0 Å². The van der Waals surface area contributed by atoms with Crippen molar-refractivity contribution in [1.82, 2.24) is 0 Å². The zero-order valence-electron chi connectivity index (χ0n) is 9.39. The highest BCUT2D eigenvalue weighted by Gasteiger charge is 2.11. The quantitative estimate of drug-likeness (QED) is 0.615. The number of thiophene rings is 1. The summed E-state index contributed by atoms with van der Waals surface area (Å²) in [5.74, 6) is 0.0719. The molecule has 0 spiro atoms. The van der Waals surface area contributed by atoms with Gasteiger partial charge in [-0.25, -0.2) is 0 Å². The number of carbonyl (C=O) groups excluding carboxylic acids is 1. The van der Waals surface area contributed by atoms with Crippen molar-refractivity contribution >= 4 is 43.8 Å². The van der Waals surface area contributed by atoms with Gasteiger partial charge in [-0.15, -0.1) is 11.3 Å². The van der Waals surface area contributed by atoms with Crippen LogP contribution >= 0.6 is 27.3 Å². The van der Waals surface area contributed by atoms with E-state index in [2.05, 4.69) is 15.9 Å². The van der Waals surface area contributed by atoms with E-state index >= 15 is 0 Å². The summed E-state index contributed by atoms with van der Waals surface area (Å²) in [7, 11) is 0. The van der Waals surface area contributed by atoms with Gasteiger partial charge in [-0.1, -0.05) is 36.4 Å². The van der Waals surface area contributed by atoms with Crippen LogP contribution < -0.4 is 0 Å². The number of rotatable bonds is 2. The molecule has 1 heterocycles. The minimum absolute atomic E-state index is 0.0719. The number of ketones is 1. The molecular weight excluding hydrogens is 308 g/mol. The van der Waals surface area contributed by atoms with Crippen LogP contribution in [0.15, 0.2) is 57.7 Å². The number of carbonyl (C=O) groups is 1. The lowest BCUT2D eigenvalue weighted by atomic mass is 10.0. The maximum atomic E-state index is 12.3. The summed E-state index contributed by atoms with van der Waals surface area (Å²) < 4.78 is 0.978. The molecule has 0 aliphatic rings. The first-order valence-electron chi connectivity index (χ1n) is 5.51. The Bertz CT molecular complexity index is 730. The van der Waals surface area contributed by atoms with Crippen LogP contribution in [0.3, 0.4) is 0 Å². The second-order valence-electron chi connectivity index (χ2n) is 4.03. The van der Waals surface area contributed by atoms with E-state index in [1.165, 1.54) is 11.3 Å². The first kappa shape index (κ1) is 11.6. The fourth-order valence-electron chi connectivity index (χ4n) is 1.93. The molecule has 0 saturated carbocycles. The van der Waals surface area contributed by atoms with E-state index in [0.717, 1.165) is 25.7 Å². The first-order valence-corrected chi connectivity index (χ1v) is 7.19. The molecule has 0 aliphatic heterocycles. The summed E-state index contributed by atoms with van der Waals surface area (Å²) in [5, 5.41) is 4.12. The third-order valence-electron chi connectivity index (χ3n) is 2.84. The molecule has 3 heteroatoms. The maximum Gasteiger partial charge on any atom is 0.193 e. The molecule has 0 aliphatic carbocycles. The molecule has 0 N–H and O–H groups in total. The molecular formula is C15H9BrOS. The van der Waals surface area contributed by atoms with Crippen molar-refractivity contribution in [2.45, 2.75) is 0 Å². The first-order chi connectivity index (χ1) is 8.74. The standard InChI is InChI=1S/C15H9BrOS/c16-14-8-13(9-18-14)15(17)12-6-5-10-3-1-2-4-11(10)7-12/h1-9H. The third-order valence-corrected chi connectivity index (χ3v) is 4.35. The summed E-state index contributed by atoms with van der Waals surface area (Å²) in [6, 6.07) is 15.7. The Labute approximate surface area is 117 Å². The molecule has 0 fully saturated rings. The van der Waals surface area contributed by atoms with E-state index in [9.17, 15) is 4.79 Å². The highest BCUT2D eigenvalue weighted by atomic mass is 79.9. The SMILES string of the molecule is O=C(c1csc(Br)c1)c1ccc2ccccc2c1. The monoisotopic (exact) mass is 316 g/mol. The van der Waals surface area contributed by atoms with E-state index in [0.29, 0.717) is 0 Å². The van der Waals surface area contributed by atoms with Gasteiger partial charge in [0.1, 0.15) is 0 Å². The number of hydrogen-bond acceptors (Lipinski definition) is 2. The molecule has 0 atom stereocenters. The largest absolute Gasteiger partial charge is 0.289 e. The average Bonchev–Trinajstić information content (AvgIpc) is 2.84. The Balaban J connectivity index is 2.06. The van der Waals surface area contributed by atoms with Crippen LogP contribution in [-0.4, -0.2) is 5.78 Å². The van der Waals surface area contributed by atoms with Crippen molar-refractivity contribution in [3.63, 3.8) is 0 Å². The van der Waals surface area contributed by atoms with Gasteiger partial charge in [-0.3, -0.25) is 4.79 Å². The lowest BCUT2D eigenvalue weighted by molar-refractivity contribution is 0.103. The molecule has 1 aromatic heterocycles. The second kappa shape index (κ2) is 4.67. The van der Waals surface area contributed by atoms with Crippen molar-refractivity contribution in [2.75, 3.05) is 0 Å². The Morgan fingerprint density at radius 3 is 2.44 bits per heavy atom. The molecule has 1 nitrogen and oxygen atoms in total. The molecule has 0 radical (unpaired) electrons. The number of fused-ring (bicyclic) bond motifs is 1. The lowest BCUT2D eigenvalue weighted by Crippen LogP contribution is -1.98. The van der Waals surface area contributed by atoms with Crippen molar-refractivity contribution < 1.29 is 4.79 Å². The summed E-state index contributed by atoms with van der Waals surface area (Å²) in [5.41, 5.74) is 1.47. The van der Waals surface area contributed by atoms with Gasteiger partial charge in [0.25, 0.3) is 0 Å². The Kier molecular flexibility index (Phi) is 3.02. The Morgan fingerprint density at radius 2 is 1.72 bits per heavy atom. The number of halogens is 1. The van der Waals surface area contributed by atoms with E-state index in [1.807, 2.05) is 53.9 Å². The van der Waals surface area contributed by atoms with Crippen molar-refractivity contribution in [2.24, 2.45) is 0 Å². The van der Waals surface area contributed by atoms with Crippen LogP contribution in [0, 0.1) is 0 Å². The van der Waals surface area contributed by atoms with E-state index < -0.39 is 0 Å². The van der Waals surface area contributed by atoms with Crippen LogP contribution in [0.4, 0.5) is 0 Å². The zero-order chi connectivity index (χ0) is 12.5. The lowest BCUT2D eigenvalue weighted by Gasteiger charge is -2.01. The van der Waals surface area contributed by atoms with E-state index in [1.54, 1.807) is 0 Å². The van der Waals surface area contributed by atoms with Crippen LogP contribution in [-0.2, 0) is 0 Å². The van der Waals surface area contributed by atoms with Gasteiger partial charge in [0.15, 0.2) is 5.78 Å². The van der Waals surface area contributed by atoms with Crippen LogP contribution in [0.2, 0.25) is 0 Å². The number of benzene rings is 2. The fraction of sp³-hybridized carbons (Fsp3) is 0. The topological polar surface area (TPSA) is 17.1 Å². The van der Waals surface area contributed by atoms with Crippen LogP contribution in [0.25, 0.3) is 10.8 Å². The van der Waals surface area contributed by atoms with E-state index in [4.69, 9.17) is 0 Å². The predicted octanol–water partition coefficient (Wildman–Crippen LogP) is 4.89. The smallest absolute Gasteiger partial charge is 0.193 e. The van der Waals surface area contributed by atoms with Crippen molar-refractivity contribution in [3.8, 4) is 0 Å². The average molecular weight is 317 g/mol. The number of hydrogen-bond donors (Lipinski definition) is 0. The molecule has 0 saturated heterocycles. The van der Waals surface area contributed by atoms with Gasteiger partial charge < -0.3 is 0 Å². The second-order valence-corrected chi connectivity index (χ2v) is 6.32. The predicted molar refractivity (Wildman–Crippen MR) is 79.4 cm³/mol. The normalized spacial score (nSPS) is 10.7. The maximum absolute atomic E-state index is 12.3. The van der Waals surface area contributed by atoms with Gasteiger partial charge in [-0.2, -0.15) is 0 Å². The molecule has 88 valence electrons. The minimum Gasteiger partial charge on any atom is -0.289 e. The van der Waals surface area contributed by atoms with E-state index in [-0.39, 0.29) is 5.78 Å². The Hall–Kier alpha value is -1.45. The summed E-state index contributed by atoms with van der Waals surface area (Å²) in [4.78, 5) is 12.3. The molecule has 0 bridgehead atoms. The minimum atomic E-state index is 0.0719. The molecule has 3 rings (SSSR count). The molecule has 18 heavy (non-hydrogen) atoms. The summed E-state index contributed by atoms with van der Waals surface area (Å²) in [6.45, 7) is 0. The fourth-order valence-corrected chi connectivity index (χ4v) is 3.06. The van der Waals surface area contributed by atoms with Crippen LogP contribution in [0.5, 0.6) is 0 Å². The summed E-state index contributed by atoms with van der Waals surface area (Å²) >= 11 is 4.91. The van der Waals surface area contributed by atoms with Gasteiger partial charge in [0.05, 0.1) is 3.79 Å². The highest BCUT2D eigenvalue weighted by Crippen LogP contribution is 2.24. The van der Waals surface area contributed by atoms with Gasteiger partial charge in [0, 0.05) is 16.5 Å². The molecule has 2 aromatic carbocycles. The summed E-state index contributed by atoms with van der Waals surface area (Å²) in [6.07, 6.45) is 0. The van der Waals surface area contributed by atoms with Gasteiger partial charge in [-0.05, 0) is 38.8 Å². The third kappa shape index (κ3) is 2.11. The van der Waals surface area contributed by atoms with Crippen LogP contribution in [0.1, 0.15) is 15.9 Å².